The largest absolute Gasteiger partial charge is 0.479 e. The monoisotopic (exact) mass is 255 g/mol. The zero-order valence-corrected chi connectivity index (χ0v) is 10.5. The van der Waals surface area contributed by atoms with Gasteiger partial charge in [-0.25, -0.2) is 4.79 Å². The minimum Gasteiger partial charge on any atom is -0.479 e. The first-order chi connectivity index (χ1) is 8.56. The van der Waals surface area contributed by atoms with Gasteiger partial charge in [-0.1, -0.05) is 6.42 Å². The maximum atomic E-state index is 11.7. The van der Waals surface area contributed by atoms with Gasteiger partial charge in [-0.15, -0.1) is 0 Å². The highest BCUT2D eigenvalue weighted by molar-refractivity contribution is 5.76. The number of amides is 1. The van der Waals surface area contributed by atoms with Crippen LogP contribution >= 0.6 is 0 Å². The summed E-state index contributed by atoms with van der Waals surface area (Å²) in [7, 11) is 0. The van der Waals surface area contributed by atoms with E-state index in [0.717, 1.165) is 11.8 Å². The molecular weight excluding hydrogens is 234 g/mol. The van der Waals surface area contributed by atoms with E-state index < -0.39 is 12.1 Å². The molecule has 0 heterocycles. The molecule has 18 heavy (non-hydrogen) atoms. The predicted octanol–water partition coefficient (Wildman–Crippen LogP) is 0.764. The van der Waals surface area contributed by atoms with Crippen molar-refractivity contribution < 1.29 is 19.8 Å². The maximum Gasteiger partial charge on any atom is 0.332 e. The van der Waals surface area contributed by atoms with Crippen molar-refractivity contribution in [3.63, 3.8) is 0 Å². The second-order valence-corrected chi connectivity index (χ2v) is 5.63. The fourth-order valence-corrected chi connectivity index (χ4v) is 3.41. The topological polar surface area (TPSA) is 86.6 Å². The summed E-state index contributed by atoms with van der Waals surface area (Å²) in [6, 6.07) is 0. The Bertz CT molecular complexity index is 331. The summed E-state index contributed by atoms with van der Waals surface area (Å²) < 4.78 is 0. The molecule has 2 rings (SSSR count). The van der Waals surface area contributed by atoms with Crippen LogP contribution in [-0.4, -0.2) is 34.7 Å². The van der Waals surface area contributed by atoms with E-state index >= 15 is 0 Å². The van der Waals surface area contributed by atoms with Gasteiger partial charge in [-0.3, -0.25) is 4.79 Å². The predicted molar refractivity (Wildman–Crippen MR) is 64.8 cm³/mol. The summed E-state index contributed by atoms with van der Waals surface area (Å²) >= 11 is 0. The molecular formula is C13H21NO4. The number of aliphatic hydroxyl groups excluding tert-OH is 1. The number of aliphatic hydroxyl groups is 1. The average molecular weight is 255 g/mol. The number of carboxylic acids is 1. The van der Waals surface area contributed by atoms with Gasteiger partial charge < -0.3 is 15.5 Å². The Morgan fingerprint density at radius 1 is 1.28 bits per heavy atom. The third-order valence-electron chi connectivity index (χ3n) is 4.36. The van der Waals surface area contributed by atoms with Gasteiger partial charge in [0.2, 0.25) is 5.91 Å². The lowest BCUT2D eigenvalue weighted by Crippen LogP contribution is -2.31. The van der Waals surface area contributed by atoms with E-state index in [0.29, 0.717) is 12.3 Å². The van der Waals surface area contributed by atoms with Crippen LogP contribution in [0.15, 0.2) is 0 Å². The van der Waals surface area contributed by atoms with Crippen molar-refractivity contribution in [1.82, 2.24) is 5.32 Å². The molecule has 102 valence electrons. The number of fused-ring (bicyclic) bond motifs is 2. The van der Waals surface area contributed by atoms with Gasteiger partial charge in [0.15, 0.2) is 6.10 Å². The summed E-state index contributed by atoms with van der Waals surface area (Å²) in [6.45, 7) is 0.229. The van der Waals surface area contributed by atoms with E-state index in [1.165, 1.54) is 25.7 Å². The second kappa shape index (κ2) is 5.69. The van der Waals surface area contributed by atoms with E-state index in [1.807, 2.05) is 0 Å². The Balaban J connectivity index is 1.62. The van der Waals surface area contributed by atoms with Gasteiger partial charge in [0, 0.05) is 19.4 Å². The molecule has 4 atom stereocenters. The minimum atomic E-state index is -1.38. The summed E-state index contributed by atoms with van der Waals surface area (Å²) in [5, 5.41) is 20.2. The van der Waals surface area contributed by atoms with Gasteiger partial charge in [-0.2, -0.15) is 0 Å². The van der Waals surface area contributed by atoms with Crippen LogP contribution in [0.25, 0.3) is 0 Å². The van der Waals surface area contributed by atoms with Gasteiger partial charge in [0.25, 0.3) is 0 Å². The van der Waals surface area contributed by atoms with Crippen molar-refractivity contribution in [1.29, 1.82) is 0 Å². The third kappa shape index (κ3) is 3.22. The molecule has 0 saturated heterocycles. The van der Waals surface area contributed by atoms with E-state index in [2.05, 4.69) is 5.32 Å². The number of hydrogen-bond acceptors (Lipinski definition) is 3. The van der Waals surface area contributed by atoms with Gasteiger partial charge in [-0.05, 0) is 37.0 Å². The van der Waals surface area contributed by atoms with Crippen molar-refractivity contribution in [2.45, 2.75) is 44.6 Å². The molecule has 3 unspecified atom stereocenters. The van der Waals surface area contributed by atoms with Crippen molar-refractivity contribution in [2.24, 2.45) is 17.8 Å². The van der Waals surface area contributed by atoms with Crippen LogP contribution in [0.1, 0.15) is 38.5 Å². The normalized spacial score (nSPS) is 31.3. The Hall–Kier alpha value is -1.10. The van der Waals surface area contributed by atoms with Crippen molar-refractivity contribution in [2.75, 3.05) is 6.54 Å². The number of carboxylic acid groups (broad SMARTS) is 1. The number of hydrogen-bond donors (Lipinski definition) is 3. The number of carbonyl (C=O) groups is 2. The molecule has 2 aliphatic carbocycles. The molecule has 1 amide bonds. The lowest BCUT2D eigenvalue weighted by Gasteiger charge is -2.20. The Labute approximate surface area is 107 Å². The number of aliphatic carboxylic acids is 1. The smallest absolute Gasteiger partial charge is 0.332 e. The van der Waals surface area contributed by atoms with Crippen LogP contribution in [0.2, 0.25) is 0 Å². The van der Waals surface area contributed by atoms with Crippen LogP contribution < -0.4 is 5.32 Å². The molecule has 0 spiro atoms. The zero-order valence-electron chi connectivity index (χ0n) is 10.5. The van der Waals surface area contributed by atoms with Crippen molar-refractivity contribution in [3.8, 4) is 0 Å². The van der Waals surface area contributed by atoms with Gasteiger partial charge in [0.1, 0.15) is 0 Å². The standard InChI is InChI=1S/C13H21NO4/c15-11(13(17)18)3-4-14-12(16)7-10-6-8-1-2-9(10)5-8/h8-11,15H,1-7H2,(H,14,16)(H,17,18)/t8?,9?,10?,11-/m0/s1. The summed E-state index contributed by atoms with van der Waals surface area (Å²) in [5.41, 5.74) is 0. The van der Waals surface area contributed by atoms with Crippen LogP contribution in [-0.2, 0) is 9.59 Å². The van der Waals surface area contributed by atoms with Crippen LogP contribution in [0.5, 0.6) is 0 Å². The first kappa shape index (κ1) is 13.3. The molecule has 0 radical (unpaired) electrons. The van der Waals surface area contributed by atoms with E-state index in [1.54, 1.807) is 0 Å². The third-order valence-corrected chi connectivity index (χ3v) is 4.36. The lowest BCUT2D eigenvalue weighted by atomic mass is 9.86. The number of nitrogens with one attached hydrogen (secondary N) is 1. The van der Waals surface area contributed by atoms with Crippen molar-refractivity contribution in [3.05, 3.63) is 0 Å². The molecule has 5 heteroatoms. The van der Waals surface area contributed by atoms with Gasteiger partial charge in [0.05, 0.1) is 0 Å². The number of carbonyl (C=O) groups excluding carboxylic acids is 1. The summed E-state index contributed by atoms with van der Waals surface area (Å²) in [5.74, 6) is 0.836. The highest BCUT2D eigenvalue weighted by Gasteiger charge is 2.39. The maximum absolute atomic E-state index is 11.7. The molecule has 0 aromatic heterocycles. The van der Waals surface area contributed by atoms with Crippen LogP contribution in [0.3, 0.4) is 0 Å². The molecule has 2 fully saturated rings. The molecule has 2 bridgehead atoms. The molecule has 5 nitrogen and oxygen atoms in total. The van der Waals surface area contributed by atoms with Crippen molar-refractivity contribution >= 4 is 11.9 Å². The lowest BCUT2D eigenvalue weighted by molar-refractivity contribution is -0.147. The first-order valence-corrected chi connectivity index (χ1v) is 6.74. The Morgan fingerprint density at radius 3 is 2.61 bits per heavy atom. The Kier molecular flexibility index (Phi) is 4.22. The highest BCUT2D eigenvalue weighted by Crippen LogP contribution is 2.49. The van der Waals surface area contributed by atoms with E-state index in [9.17, 15) is 9.59 Å². The average Bonchev–Trinajstić information content (AvgIpc) is 2.90. The number of rotatable bonds is 6. The zero-order chi connectivity index (χ0) is 13.1. The van der Waals surface area contributed by atoms with Gasteiger partial charge >= 0.3 is 5.97 Å². The second-order valence-electron chi connectivity index (χ2n) is 5.63. The fourth-order valence-electron chi connectivity index (χ4n) is 3.41. The summed E-state index contributed by atoms with van der Waals surface area (Å²) in [6.07, 6.45) is 4.30. The molecule has 0 aliphatic heterocycles. The van der Waals surface area contributed by atoms with Crippen LogP contribution in [0.4, 0.5) is 0 Å². The first-order valence-electron chi connectivity index (χ1n) is 6.74. The molecule has 0 aromatic rings. The quantitative estimate of drug-likeness (QED) is 0.654. The molecule has 0 aromatic carbocycles. The molecule has 3 N–H and O–H groups in total. The fraction of sp³-hybridized carbons (Fsp3) is 0.846. The SMILES string of the molecule is O=C(CC1CC2CCC1C2)NCC[C@H](O)C(=O)O. The minimum absolute atomic E-state index is 0.00913. The van der Waals surface area contributed by atoms with E-state index in [-0.39, 0.29) is 18.9 Å². The highest BCUT2D eigenvalue weighted by atomic mass is 16.4. The molecule has 2 saturated carbocycles. The Morgan fingerprint density at radius 2 is 2.06 bits per heavy atom. The van der Waals surface area contributed by atoms with E-state index in [4.69, 9.17) is 10.2 Å². The summed E-state index contributed by atoms with van der Waals surface area (Å²) in [4.78, 5) is 22.1. The molecule has 2 aliphatic rings. The van der Waals surface area contributed by atoms with Crippen LogP contribution in [0, 0.1) is 17.8 Å².